The summed E-state index contributed by atoms with van der Waals surface area (Å²) in [5.41, 5.74) is 2.43. The Morgan fingerprint density at radius 3 is 2.52 bits per heavy atom. The lowest BCUT2D eigenvalue weighted by atomic mass is 9.90. The second-order valence-electron chi connectivity index (χ2n) is 6.10. The van der Waals surface area contributed by atoms with Crippen LogP contribution in [0.3, 0.4) is 0 Å². The fourth-order valence-electron chi connectivity index (χ4n) is 3.60. The zero-order chi connectivity index (χ0) is 15.6. The van der Waals surface area contributed by atoms with Crippen molar-refractivity contribution in [3.8, 4) is 0 Å². The summed E-state index contributed by atoms with van der Waals surface area (Å²) in [4.78, 5) is 18.1. The van der Waals surface area contributed by atoms with Crippen molar-refractivity contribution in [1.82, 2.24) is 4.98 Å². The quantitative estimate of drug-likeness (QED) is 0.632. The van der Waals surface area contributed by atoms with Crippen LogP contribution >= 0.6 is 24.8 Å². The van der Waals surface area contributed by atoms with Crippen molar-refractivity contribution in [3.05, 3.63) is 72.6 Å². The van der Waals surface area contributed by atoms with Gasteiger partial charge in [0, 0.05) is 53.8 Å². The maximum absolute atomic E-state index is 11.6. The van der Waals surface area contributed by atoms with Crippen molar-refractivity contribution in [2.45, 2.75) is 5.92 Å². The molecular formula is C20H20Cl2N2O. The molecule has 2 heterocycles. The van der Waals surface area contributed by atoms with E-state index in [0.29, 0.717) is 0 Å². The topological polar surface area (TPSA) is 33.2 Å². The van der Waals surface area contributed by atoms with Crippen molar-refractivity contribution in [3.63, 3.8) is 0 Å². The molecule has 1 saturated heterocycles. The van der Waals surface area contributed by atoms with Gasteiger partial charge < -0.3 is 9.69 Å². The fraction of sp³-hybridized carbons (Fsp3) is 0.200. The van der Waals surface area contributed by atoms with E-state index >= 15 is 0 Å². The predicted octanol–water partition coefficient (Wildman–Crippen LogP) is 4.50. The Morgan fingerprint density at radius 1 is 0.960 bits per heavy atom. The molecule has 0 bridgehead atoms. The van der Waals surface area contributed by atoms with Crippen molar-refractivity contribution in [1.29, 1.82) is 0 Å². The highest BCUT2D eigenvalue weighted by Crippen LogP contribution is 2.36. The zero-order valence-electron chi connectivity index (χ0n) is 13.6. The Morgan fingerprint density at radius 2 is 1.76 bits per heavy atom. The van der Waals surface area contributed by atoms with Gasteiger partial charge in [0.05, 0.1) is 0 Å². The molecule has 1 aliphatic rings. The number of halogens is 2. The maximum Gasteiger partial charge on any atom is 0.125 e. The molecule has 25 heavy (non-hydrogen) atoms. The molecule has 2 atom stereocenters. The number of benzene rings is 2. The van der Waals surface area contributed by atoms with E-state index < -0.39 is 0 Å². The third kappa shape index (κ3) is 3.63. The highest BCUT2D eigenvalue weighted by Gasteiger charge is 2.34. The van der Waals surface area contributed by atoms with Crippen molar-refractivity contribution in [2.75, 3.05) is 18.0 Å². The number of hydrogen-bond acceptors (Lipinski definition) is 3. The molecule has 1 aromatic heterocycles. The molecule has 0 spiro atoms. The van der Waals surface area contributed by atoms with E-state index in [-0.39, 0.29) is 36.6 Å². The van der Waals surface area contributed by atoms with Crippen LogP contribution in [0.5, 0.6) is 0 Å². The van der Waals surface area contributed by atoms with Crippen LogP contribution < -0.4 is 4.90 Å². The summed E-state index contributed by atoms with van der Waals surface area (Å²) in [6.45, 7) is 1.64. The fourth-order valence-corrected chi connectivity index (χ4v) is 3.60. The van der Waals surface area contributed by atoms with Gasteiger partial charge in [-0.05, 0) is 17.7 Å². The second kappa shape index (κ2) is 8.32. The van der Waals surface area contributed by atoms with Crippen molar-refractivity contribution >= 4 is 47.6 Å². The molecule has 0 amide bonds. The number of aromatic nitrogens is 1. The lowest BCUT2D eigenvalue weighted by Crippen LogP contribution is -2.20. The Labute approximate surface area is 159 Å². The Hall–Kier alpha value is -2.10. The van der Waals surface area contributed by atoms with Gasteiger partial charge in [-0.15, -0.1) is 24.8 Å². The molecule has 1 fully saturated rings. The number of carbonyl (C=O) groups is 1. The van der Waals surface area contributed by atoms with Crippen LogP contribution in [0, 0.1) is 5.92 Å². The van der Waals surface area contributed by atoms with Gasteiger partial charge in [0.2, 0.25) is 0 Å². The highest BCUT2D eigenvalue weighted by molar-refractivity contribution is 5.94. The lowest BCUT2D eigenvalue weighted by Gasteiger charge is -2.20. The van der Waals surface area contributed by atoms with Crippen LogP contribution in [-0.4, -0.2) is 24.4 Å². The number of rotatable bonds is 3. The smallest absolute Gasteiger partial charge is 0.125 e. The number of nitrogens with zero attached hydrogens (tertiary/aromatic N) is 2. The number of fused-ring (bicyclic) bond motifs is 1. The van der Waals surface area contributed by atoms with Gasteiger partial charge in [0.1, 0.15) is 6.29 Å². The molecule has 130 valence electrons. The van der Waals surface area contributed by atoms with Gasteiger partial charge in [0.25, 0.3) is 0 Å². The summed E-state index contributed by atoms with van der Waals surface area (Å²) in [5, 5.41) is 2.33. The number of aldehydes is 1. The third-order valence-corrected chi connectivity index (χ3v) is 4.77. The molecule has 3 nitrogen and oxygen atoms in total. The molecule has 0 N–H and O–H groups in total. The summed E-state index contributed by atoms with van der Waals surface area (Å²) in [6.07, 6.45) is 4.83. The maximum atomic E-state index is 11.6. The molecule has 2 aromatic carbocycles. The molecular weight excluding hydrogens is 355 g/mol. The van der Waals surface area contributed by atoms with E-state index in [4.69, 9.17) is 0 Å². The Kier molecular flexibility index (Phi) is 6.40. The first-order valence-electron chi connectivity index (χ1n) is 7.95. The molecule has 0 saturated carbocycles. The van der Waals surface area contributed by atoms with Crippen molar-refractivity contribution < 1.29 is 4.79 Å². The van der Waals surface area contributed by atoms with Crippen LogP contribution in [0.1, 0.15) is 11.5 Å². The van der Waals surface area contributed by atoms with Crippen molar-refractivity contribution in [2.24, 2.45) is 5.92 Å². The summed E-state index contributed by atoms with van der Waals surface area (Å²) >= 11 is 0. The van der Waals surface area contributed by atoms with Gasteiger partial charge in [-0.1, -0.05) is 42.5 Å². The monoisotopic (exact) mass is 374 g/mol. The number of carbonyl (C=O) groups excluding carboxylic acids is 1. The minimum atomic E-state index is 0. The van der Waals surface area contributed by atoms with E-state index in [1.54, 1.807) is 0 Å². The summed E-state index contributed by atoms with van der Waals surface area (Å²) in [7, 11) is 0. The first-order valence-corrected chi connectivity index (χ1v) is 7.95. The largest absolute Gasteiger partial charge is 0.370 e. The van der Waals surface area contributed by atoms with Crippen LogP contribution in [0.2, 0.25) is 0 Å². The summed E-state index contributed by atoms with van der Waals surface area (Å²) in [5.74, 6) is 0.292. The van der Waals surface area contributed by atoms with E-state index in [1.807, 2.05) is 30.6 Å². The molecule has 5 heteroatoms. The molecule has 0 radical (unpaired) electrons. The second-order valence-corrected chi connectivity index (χ2v) is 6.10. The average Bonchev–Trinajstić information content (AvgIpc) is 3.06. The van der Waals surface area contributed by atoms with E-state index in [2.05, 4.69) is 46.3 Å². The van der Waals surface area contributed by atoms with Crippen LogP contribution in [0.15, 0.2) is 67.0 Å². The summed E-state index contributed by atoms with van der Waals surface area (Å²) in [6, 6.07) is 18.7. The third-order valence-electron chi connectivity index (χ3n) is 4.77. The SMILES string of the molecule is Cl.Cl.O=C[C@@H]1CN(c2cccc3cnccc23)C[C@H]1c1ccccc1. The summed E-state index contributed by atoms with van der Waals surface area (Å²) < 4.78 is 0. The van der Waals surface area contributed by atoms with Gasteiger partial charge in [-0.25, -0.2) is 0 Å². The molecule has 1 aliphatic heterocycles. The Bertz CT molecular complexity index is 836. The van der Waals surface area contributed by atoms with Gasteiger partial charge in [0.15, 0.2) is 0 Å². The first kappa shape index (κ1) is 19.2. The van der Waals surface area contributed by atoms with Gasteiger partial charge in [-0.2, -0.15) is 0 Å². The number of anilines is 1. The molecule has 4 rings (SSSR count). The lowest BCUT2D eigenvalue weighted by molar-refractivity contribution is -0.110. The highest BCUT2D eigenvalue weighted by atomic mass is 35.5. The normalized spacial score (nSPS) is 19.1. The van der Waals surface area contributed by atoms with Crippen LogP contribution in [-0.2, 0) is 4.79 Å². The van der Waals surface area contributed by atoms with Crippen LogP contribution in [0.4, 0.5) is 5.69 Å². The first-order chi connectivity index (χ1) is 11.4. The average molecular weight is 375 g/mol. The Balaban J connectivity index is 0.00000113. The molecule has 0 unspecified atom stereocenters. The predicted molar refractivity (Wildman–Crippen MR) is 107 cm³/mol. The standard InChI is InChI=1S/C20H18N2O.2ClH/c23-14-17-12-22(13-19(17)15-5-2-1-3-6-15)20-8-4-7-16-11-21-10-9-18(16)20;;/h1-11,14,17,19H,12-13H2;2*1H/t17-,19-;;/m0../s1. The van der Waals surface area contributed by atoms with E-state index in [9.17, 15) is 4.79 Å². The molecule has 0 aliphatic carbocycles. The number of hydrogen-bond donors (Lipinski definition) is 0. The van der Waals surface area contributed by atoms with Gasteiger partial charge >= 0.3 is 0 Å². The zero-order valence-corrected chi connectivity index (χ0v) is 15.2. The van der Waals surface area contributed by atoms with E-state index in [0.717, 1.165) is 24.8 Å². The minimum absolute atomic E-state index is 0. The number of pyridine rings is 1. The minimum Gasteiger partial charge on any atom is -0.370 e. The van der Waals surface area contributed by atoms with Gasteiger partial charge in [-0.3, -0.25) is 4.98 Å². The van der Waals surface area contributed by atoms with E-state index in [1.165, 1.54) is 16.6 Å². The molecule has 3 aromatic rings. The van der Waals surface area contributed by atoms with Crippen LogP contribution in [0.25, 0.3) is 10.8 Å².